The van der Waals surface area contributed by atoms with E-state index in [0.717, 1.165) is 42.0 Å². The predicted octanol–water partition coefficient (Wildman–Crippen LogP) is 4.45. The van der Waals surface area contributed by atoms with Crippen molar-refractivity contribution in [3.05, 3.63) is 22.2 Å². The molecule has 2 rings (SSSR count). The molecule has 0 aromatic heterocycles. The Hall–Kier alpha value is -0.740. The van der Waals surface area contributed by atoms with Gasteiger partial charge in [0.25, 0.3) is 0 Å². The number of nitrogens with one attached hydrogen (secondary N) is 1. The molecule has 1 aromatic rings. The molecular weight excluding hydrogens is 318 g/mol. The van der Waals surface area contributed by atoms with Crippen molar-refractivity contribution in [1.82, 2.24) is 5.32 Å². The minimum atomic E-state index is 0.355. The second-order valence-electron chi connectivity index (χ2n) is 5.21. The molecule has 112 valence electrons. The summed E-state index contributed by atoms with van der Waals surface area (Å²) in [6, 6.07) is 4.52. The zero-order valence-electron chi connectivity index (χ0n) is 12.4. The highest BCUT2D eigenvalue weighted by Crippen LogP contribution is 2.38. The van der Waals surface area contributed by atoms with Crippen LogP contribution in [0.25, 0.3) is 0 Å². The summed E-state index contributed by atoms with van der Waals surface area (Å²) in [5, 5.41) is 3.41. The van der Waals surface area contributed by atoms with E-state index < -0.39 is 0 Å². The Morgan fingerprint density at radius 2 is 1.90 bits per heavy atom. The van der Waals surface area contributed by atoms with Gasteiger partial charge in [-0.2, -0.15) is 0 Å². The molecule has 1 N–H and O–H groups in total. The summed E-state index contributed by atoms with van der Waals surface area (Å²) in [6.45, 7) is 3.69. The lowest BCUT2D eigenvalue weighted by atomic mass is 10.00. The Bertz CT molecular complexity index is 437. The van der Waals surface area contributed by atoms with Gasteiger partial charge >= 0.3 is 0 Å². The van der Waals surface area contributed by atoms with Crippen LogP contribution in [-0.2, 0) is 0 Å². The van der Waals surface area contributed by atoms with Crippen LogP contribution in [0.5, 0.6) is 11.5 Å². The minimum absolute atomic E-state index is 0.355. The third-order valence-electron chi connectivity index (χ3n) is 3.69. The first-order chi connectivity index (χ1) is 9.76. The molecule has 1 aliphatic heterocycles. The van der Waals surface area contributed by atoms with Gasteiger partial charge in [-0.3, -0.25) is 0 Å². The zero-order valence-corrected chi connectivity index (χ0v) is 14.0. The molecule has 1 aliphatic rings. The smallest absolute Gasteiger partial charge is 0.162 e. The molecule has 1 heterocycles. The first kappa shape index (κ1) is 15.6. The van der Waals surface area contributed by atoms with Crippen molar-refractivity contribution in [2.75, 3.05) is 20.3 Å². The zero-order chi connectivity index (χ0) is 14.4. The first-order valence-electron chi connectivity index (χ1n) is 7.52. The second kappa shape index (κ2) is 7.89. The van der Waals surface area contributed by atoms with Crippen LogP contribution in [0.2, 0.25) is 0 Å². The normalized spacial score (nSPS) is 15.8. The van der Waals surface area contributed by atoms with E-state index in [1.54, 1.807) is 0 Å². The fourth-order valence-corrected chi connectivity index (χ4v) is 3.12. The highest BCUT2D eigenvalue weighted by Gasteiger charge is 2.18. The predicted molar refractivity (Wildman–Crippen MR) is 85.7 cm³/mol. The van der Waals surface area contributed by atoms with E-state index in [1.165, 1.54) is 24.8 Å². The number of fused-ring (bicyclic) bond motifs is 1. The van der Waals surface area contributed by atoms with Gasteiger partial charge in [0, 0.05) is 16.9 Å². The minimum Gasteiger partial charge on any atom is -0.490 e. The lowest BCUT2D eigenvalue weighted by molar-refractivity contribution is 0.297. The highest BCUT2D eigenvalue weighted by atomic mass is 79.9. The summed E-state index contributed by atoms with van der Waals surface area (Å²) >= 11 is 3.68. The lowest BCUT2D eigenvalue weighted by Crippen LogP contribution is -2.17. The second-order valence-corrected chi connectivity index (χ2v) is 6.06. The average Bonchev–Trinajstić information content (AvgIpc) is 2.68. The topological polar surface area (TPSA) is 30.5 Å². The largest absolute Gasteiger partial charge is 0.490 e. The number of hydrogen-bond donors (Lipinski definition) is 1. The number of unbranched alkanes of at least 4 members (excludes halogenated alkanes) is 2. The fraction of sp³-hybridized carbons (Fsp3) is 0.625. The number of hydrogen-bond acceptors (Lipinski definition) is 3. The Morgan fingerprint density at radius 1 is 1.20 bits per heavy atom. The molecule has 20 heavy (non-hydrogen) atoms. The summed E-state index contributed by atoms with van der Waals surface area (Å²) in [4.78, 5) is 0. The number of benzene rings is 1. The summed E-state index contributed by atoms with van der Waals surface area (Å²) in [5.74, 6) is 1.72. The van der Waals surface area contributed by atoms with Crippen molar-refractivity contribution in [2.24, 2.45) is 0 Å². The van der Waals surface area contributed by atoms with E-state index in [2.05, 4.69) is 34.2 Å². The summed E-state index contributed by atoms with van der Waals surface area (Å²) in [7, 11) is 2.02. The van der Waals surface area contributed by atoms with Gasteiger partial charge in [-0.15, -0.1) is 0 Å². The Labute approximate surface area is 130 Å². The van der Waals surface area contributed by atoms with Crippen molar-refractivity contribution in [3.63, 3.8) is 0 Å². The van der Waals surface area contributed by atoms with Crippen LogP contribution in [0.15, 0.2) is 16.6 Å². The van der Waals surface area contributed by atoms with Crippen molar-refractivity contribution < 1.29 is 9.47 Å². The molecule has 0 amide bonds. The van der Waals surface area contributed by atoms with Crippen molar-refractivity contribution in [2.45, 2.75) is 45.1 Å². The van der Waals surface area contributed by atoms with Crippen LogP contribution in [-0.4, -0.2) is 20.3 Å². The van der Waals surface area contributed by atoms with Crippen LogP contribution in [0.1, 0.15) is 50.6 Å². The molecule has 0 radical (unpaired) electrons. The highest BCUT2D eigenvalue weighted by molar-refractivity contribution is 9.10. The monoisotopic (exact) mass is 341 g/mol. The molecule has 0 spiro atoms. The van der Waals surface area contributed by atoms with Crippen molar-refractivity contribution in [1.29, 1.82) is 0 Å². The molecule has 0 aliphatic carbocycles. The van der Waals surface area contributed by atoms with Gasteiger partial charge in [0.1, 0.15) is 0 Å². The lowest BCUT2D eigenvalue weighted by Gasteiger charge is -2.20. The molecule has 0 saturated carbocycles. The maximum absolute atomic E-state index is 5.79. The molecule has 0 fully saturated rings. The number of rotatable bonds is 6. The van der Waals surface area contributed by atoms with E-state index in [0.29, 0.717) is 6.04 Å². The van der Waals surface area contributed by atoms with Crippen LogP contribution >= 0.6 is 15.9 Å². The molecule has 1 aromatic carbocycles. The van der Waals surface area contributed by atoms with Crippen LogP contribution < -0.4 is 14.8 Å². The molecule has 0 bridgehead atoms. The quantitative estimate of drug-likeness (QED) is 0.775. The van der Waals surface area contributed by atoms with Gasteiger partial charge in [-0.1, -0.05) is 42.1 Å². The standard InChI is InChI=1S/C16H24BrNO2/c1-3-4-5-7-14(18-2)12-10-15-16(11-13(12)17)20-9-6-8-19-15/h10-11,14,18H,3-9H2,1-2H3. The first-order valence-corrected chi connectivity index (χ1v) is 8.31. The maximum atomic E-state index is 5.79. The molecule has 1 atom stereocenters. The Morgan fingerprint density at radius 3 is 2.55 bits per heavy atom. The molecule has 4 heteroatoms. The van der Waals surface area contributed by atoms with E-state index in [-0.39, 0.29) is 0 Å². The van der Waals surface area contributed by atoms with Gasteiger partial charge in [-0.05, 0) is 31.2 Å². The summed E-state index contributed by atoms with van der Waals surface area (Å²) in [6.07, 6.45) is 5.85. The van der Waals surface area contributed by atoms with E-state index in [9.17, 15) is 0 Å². The molecule has 3 nitrogen and oxygen atoms in total. The average molecular weight is 342 g/mol. The van der Waals surface area contributed by atoms with Crippen molar-refractivity contribution in [3.8, 4) is 11.5 Å². The summed E-state index contributed by atoms with van der Waals surface area (Å²) < 4.78 is 12.6. The van der Waals surface area contributed by atoms with Gasteiger partial charge < -0.3 is 14.8 Å². The number of ether oxygens (including phenoxy) is 2. The Kier molecular flexibility index (Phi) is 6.17. The molecule has 0 saturated heterocycles. The fourth-order valence-electron chi connectivity index (χ4n) is 2.52. The third-order valence-corrected chi connectivity index (χ3v) is 4.37. The van der Waals surface area contributed by atoms with E-state index in [4.69, 9.17) is 9.47 Å². The molecular formula is C16H24BrNO2. The Balaban J connectivity index is 2.19. The van der Waals surface area contributed by atoms with Gasteiger partial charge in [0.2, 0.25) is 0 Å². The van der Waals surface area contributed by atoms with Gasteiger partial charge in [0.05, 0.1) is 13.2 Å². The van der Waals surface area contributed by atoms with Crippen LogP contribution in [0.4, 0.5) is 0 Å². The maximum Gasteiger partial charge on any atom is 0.162 e. The molecule has 1 unspecified atom stereocenters. The van der Waals surface area contributed by atoms with Gasteiger partial charge in [-0.25, -0.2) is 0 Å². The van der Waals surface area contributed by atoms with E-state index in [1.807, 2.05) is 13.1 Å². The third kappa shape index (κ3) is 3.89. The number of halogens is 1. The van der Waals surface area contributed by atoms with Crippen molar-refractivity contribution >= 4 is 15.9 Å². The van der Waals surface area contributed by atoms with E-state index >= 15 is 0 Å². The van der Waals surface area contributed by atoms with Crippen LogP contribution in [0.3, 0.4) is 0 Å². The van der Waals surface area contributed by atoms with Crippen LogP contribution in [0, 0.1) is 0 Å². The summed E-state index contributed by atoms with van der Waals surface area (Å²) in [5.41, 5.74) is 1.26. The van der Waals surface area contributed by atoms with Gasteiger partial charge in [0.15, 0.2) is 11.5 Å². The SMILES string of the molecule is CCCCCC(NC)c1cc2c(cc1Br)OCCCO2.